The van der Waals surface area contributed by atoms with Gasteiger partial charge < -0.3 is 10.2 Å². The van der Waals surface area contributed by atoms with E-state index in [1.807, 2.05) is 12.1 Å². The number of phenols is 2. The van der Waals surface area contributed by atoms with Crippen LogP contribution in [0.25, 0.3) is 0 Å². The van der Waals surface area contributed by atoms with E-state index in [1.165, 1.54) is 25.0 Å². The molecule has 4 fully saturated rings. The number of piperidine rings is 4. The Hall–Kier alpha value is -3.22. The molecule has 2 bridgehead atoms. The number of hydrogen-bond acceptors (Lipinski definition) is 5. The van der Waals surface area contributed by atoms with Crippen molar-refractivity contribution in [2.45, 2.75) is 44.2 Å². The molecule has 6 heteroatoms. The molecule has 197 valence electrons. The standard InChI is InChI=1S/C32H34FN2O3/c1-20-24(9-5-10-28(20)33)31-26(25-8-2-3-11-29(25)37)18-35(30-16-21-12-14-34(30)15-13-21)19-27(31)32(38)22-6-4-7-23(36)17-22/h2,4-11,17,21,26-27,30-31,36-37H,12-16,18-19H2,1H3/t26-,27+,30-,31-/m1/s1. The van der Waals surface area contributed by atoms with E-state index < -0.39 is 5.92 Å². The van der Waals surface area contributed by atoms with Crippen LogP contribution in [0.1, 0.15) is 58.1 Å². The first-order valence-corrected chi connectivity index (χ1v) is 13.7. The third-order valence-corrected chi connectivity index (χ3v) is 9.18. The number of halogens is 1. The smallest absolute Gasteiger partial charge is 0.167 e. The van der Waals surface area contributed by atoms with Crippen LogP contribution < -0.4 is 0 Å². The zero-order valence-electron chi connectivity index (χ0n) is 21.7. The summed E-state index contributed by atoms with van der Waals surface area (Å²) in [4.78, 5) is 19.2. The first-order valence-electron chi connectivity index (χ1n) is 13.7. The maximum atomic E-state index is 14.9. The van der Waals surface area contributed by atoms with Gasteiger partial charge in [0.2, 0.25) is 0 Å². The third-order valence-electron chi connectivity index (χ3n) is 9.18. The van der Waals surface area contributed by atoms with Gasteiger partial charge >= 0.3 is 0 Å². The van der Waals surface area contributed by atoms with Gasteiger partial charge in [0.05, 0.1) is 6.17 Å². The van der Waals surface area contributed by atoms with Crippen molar-refractivity contribution in [1.82, 2.24) is 9.80 Å². The van der Waals surface area contributed by atoms with Gasteiger partial charge in [0.15, 0.2) is 5.78 Å². The summed E-state index contributed by atoms with van der Waals surface area (Å²) in [5.74, 6) is -0.533. The molecule has 4 saturated heterocycles. The third kappa shape index (κ3) is 4.50. The summed E-state index contributed by atoms with van der Waals surface area (Å²) in [6, 6.07) is 19.8. The summed E-state index contributed by atoms with van der Waals surface area (Å²) in [5, 5.41) is 21.1. The van der Waals surface area contributed by atoms with Crippen molar-refractivity contribution in [1.29, 1.82) is 0 Å². The predicted octanol–water partition coefficient (Wildman–Crippen LogP) is 5.47. The number of carbonyl (C=O) groups excluding carboxylic acids is 1. The van der Waals surface area contributed by atoms with Crippen molar-refractivity contribution in [3.05, 3.63) is 94.8 Å². The average molecular weight is 514 g/mol. The number of Topliss-reactive ketones (excluding diaryl/α,β-unsaturated/α-hetero) is 1. The molecule has 1 radical (unpaired) electrons. The van der Waals surface area contributed by atoms with Gasteiger partial charge in [-0.2, -0.15) is 0 Å². The molecule has 4 aliphatic heterocycles. The van der Waals surface area contributed by atoms with Gasteiger partial charge in [0.1, 0.15) is 17.3 Å². The van der Waals surface area contributed by atoms with Crippen molar-refractivity contribution >= 4 is 5.78 Å². The maximum absolute atomic E-state index is 14.9. The van der Waals surface area contributed by atoms with E-state index in [0.29, 0.717) is 30.1 Å². The first-order chi connectivity index (χ1) is 18.4. The highest BCUT2D eigenvalue weighted by atomic mass is 19.1. The number of benzene rings is 3. The normalized spacial score (nSPS) is 29.3. The molecule has 4 aliphatic rings. The number of carbonyl (C=O) groups is 1. The van der Waals surface area contributed by atoms with Crippen LogP contribution in [0.2, 0.25) is 0 Å². The summed E-state index contributed by atoms with van der Waals surface area (Å²) in [7, 11) is 0. The molecule has 0 spiro atoms. The molecule has 0 aromatic heterocycles. The number of nitrogens with zero attached hydrogens (tertiary/aromatic N) is 2. The van der Waals surface area contributed by atoms with E-state index in [-0.39, 0.29) is 41.1 Å². The molecule has 0 saturated carbocycles. The number of likely N-dealkylation sites (tertiary alicyclic amines) is 1. The van der Waals surface area contributed by atoms with Crippen LogP contribution in [0.15, 0.2) is 60.7 Å². The zero-order valence-corrected chi connectivity index (χ0v) is 21.7. The monoisotopic (exact) mass is 513 g/mol. The van der Waals surface area contributed by atoms with Gasteiger partial charge in [0.25, 0.3) is 0 Å². The Morgan fingerprint density at radius 3 is 2.50 bits per heavy atom. The fourth-order valence-electron chi connectivity index (χ4n) is 7.22. The Morgan fingerprint density at radius 1 is 1.00 bits per heavy atom. The minimum atomic E-state index is -0.485. The number of rotatable bonds is 5. The highest BCUT2D eigenvalue weighted by Gasteiger charge is 2.47. The molecular weight excluding hydrogens is 479 g/mol. The molecule has 2 N–H and O–H groups in total. The van der Waals surface area contributed by atoms with E-state index in [0.717, 1.165) is 30.6 Å². The molecule has 7 rings (SSSR count). The maximum Gasteiger partial charge on any atom is 0.167 e. The fraction of sp³-hybridized carbons (Fsp3) is 0.406. The van der Waals surface area contributed by atoms with Crippen LogP contribution in [-0.2, 0) is 0 Å². The Kier molecular flexibility index (Phi) is 6.70. The van der Waals surface area contributed by atoms with Crippen molar-refractivity contribution in [3.63, 3.8) is 0 Å². The number of hydrogen-bond donors (Lipinski definition) is 2. The zero-order chi connectivity index (χ0) is 26.4. The van der Waals surface area contributed by atoms with Crippen LogP contribution in [-0.4, -0.2) is 58.1 Å². The van der Waals surface area contributed by atoms with Crippen molar-refractivity contribution in [2.24, 2.45) is 11.8 Å². The van der Waals surface area contributed by atoms with Crippen LogP contribution in [0.4, 0.5) is 4.39 Å². The molecule has 0 unspecified atom stereocenters. The van der Waals surface area contributed by atoms with Crippen LogP contribution in [0.3, 0.4) is 0 Å². The van der Waals surface area contributed by atoms with E-state index in [1.54, 1.807) is 43.3 Å². The Balaban J connectivity index is 1.49. The number of aromatic hydroxyl groups is 2. The van der Waals surface area contributed by atoms with Crippen LogP contribution in [0, 0.1) is 30.6 Å². The van der Waals surface area contributed by atoms with Crippen molar-refractivity contribution in [2.75, 3.05) is 26.2 Å². The van der Waals surface area contributed by atoms with E-state index in [4.69, 9.17) is 0 Å². The largest absolute Gasteiger partial charge is 0.508 e. The Morgan fingerprint density at radius 2 is 1.79 bits per heavy atom. The minimum absolute atomic E-state index is 0.0468. The molecule has 3 aromatic carbocycles. The number of fused-ring (bicyclic) bond motifs is 3. The van der Waals surface area contributed by atoms with E-state index in [2.05, 4.69) is 15.9 Å². The van der Waals surface area contributed by atoms with E-state index >= 15 is 0 Å². The minimum Gasteiger partial charge on any atom is -0.508 e. The lowest BCUT2D eigenvalue weighted by Gasteiger charge is -2.54. The summed E-state index contributed by atoms with van der Waals surface area (Å²) in [5.41, 5.74) is 2.54. The first kappa shape index (κ1) is 25.1. The van der Waals surface area contributed by atoms with Crippen molar-refractivity contribution < 1.29 is 19.4 Å². The van der Waals surface area contributed by atoms with Crippen LogP contribution in [0.5, 0.6) is 11.5 Å². The quantitative estimate of drug-likeness (QED) is 0.443. The summed E-state index contributed by atoms with van der Waals surface area (Å²) < 4.78 is 14.9. The van der Waals surface area contributed by atoms with Gasteiger partial charge in [-0.05, 0) is 92.2 Å². The Labute approximate surface area is 223 Å². The van der Waals surface area contributed by atoms with Gasteiger partial charge in [-0.15, -0.1) is 0 Å². The summed E-state index contributed by atoms with van der Waals surface area (Å²) in [6.45, 7) is 5.11. The molecule has 0 aliphatic carbocycles. The lowest BCUT2D eigenvalue weighted by atomic mass is 9.67. The van der Waals surface area contributed by atoms with Crippen molar-refractivity contribution in [3.8, 4) is 11.5 Å². The SMILES string of the molecule is Cc1c(F)cccc1[C@H]1[C@@H](C(=O)c2cccc(O)c2)CN([C@@H]2CC3CCN2CC3)C[C@@H]1c1cc[c]cc1O. The van der Waals surface area contributed by atoms with Gasteiger partial charge in [-0.3, -0.25) is 14.6 Å². The molecular formula is C32H34FN2O3. The average Bonchev–Trinajstić information content (AvgIpc) is 2.94. The molecule has 0 amide bonds. The summed E-state index contributed by atoms with van der Waals surface area (Å²) >= 11 is 0. The second-order valence-corrected chi connectivity index (χ2v) is 11.2. The topological polar surface area (TPSA) is 64.0 Å². The second-order valence-electron chi connectivity index (χ2n) is 11.2. The predicted molar refractivity (Wildman–Crippen MR) is 144 cm³/mol. The number of ketones is 1. The fourth-order valence-corrected chi connectivity index (χ4v) is 7.22. The van der Waals surface area contributed by atoms with Gasteiger partial charge in [-0.25, -0.2) is 4.39 Å². The molecule has 5 nitrogen and oxygen atoms in total. The Bertz CT molecular complexity index is 1340. The van der Waals surface area contributed by atoms with Gasteiger partial charge in [-0.1, -0.05) is 36.4 Å². The lowest BCUT2D eigenvalue weighted by Crippen LogP contribution is -2.61. The highest BCUT2D eigenvalue weighted by Crippen LogP contribution is 2.49. The highest BCUT2D eigenvalue weighted by molar-refractivity contribution is 5.99. The number of phenolic OH excluding ortho intramolecular Hbond substituents is 2. The van der Waals surface area contributed by atoms with Gasteiger partial charge in [0, 0.05) is 36.4 Å². The molecule has 4 heterocycles. The molecule has 3 aromatic rings. The molecule has 4 atom stereocenters. The van der Waals surface area contributed by atoms with Crippen LogP contribution >= 0.6 is 0 Å². The molecule has 38 heavy (non-hydrogen) atoms. The summed E-state index contributed by atoms with van der Waals surface area (Å²) in [6.07, 6.45) is 3.77. The second kappa shape index (κ2) is 10.2. The lowest BCUT2D eigenvalue weighted by molar-refractivity contribution is -0.0630. The van der Waals surface area contributed by atoms with E-state index in [9.17, 15) is 19.4 Å².